The van der Waals surface area contributed by atoms with E-state index in [1.807, 2.05) is 57.2 Å². The summed E-state index contributed by atoms with van der Waals surface area (Å²) in [6.45, 7) is 7.87. The zero-order chi connectivity index (χ0) is 57.9. The van der Waals surface area contributed by atoms with Crippen LogP contribution in [0.15, 0.2) is 109 Å². The second kappa shape index (κ2) is 25.5. The standard InChI is InChI=1S/C62H64F2N8O9S.ClH/c1-35(2)55(72-30-42-9-6-7-10-47(42)60(72)77)61(78)71-31-45(73)27-51(71)59(76)67-28-41-13-12-40(58-37(4)68-34-82-58)26-52(41)79-20-8-17-66-54(74)33-80-53-25-38(11-16-50(53)64)22-43-32-81-57-48(46-15-14-44(63)21-36(46)3)23-39(24-49(57)56(43)75)29-70-19-18-69(5)62(70)65;/h6-7,9-16,18-19,21,23-26,34-35,43,45,51,55,65,73H,8,17,20,22,27-33H2,1-5H3,(H,66,74)(H,67,76);1H/t43-,45+,51-,55-;/m0./s1. The maximum atomic E-state index is 15.2. The zero-order valence-corrected chi connectivity index (χ0v) is 48.2. The van der Waals surface area contributed by atoms with Crippen molar-refractivity contribution in [3.8, 4) is 38.8 Å². The van der Waals surface area contributed by atoms with Crippen LogP contribution in [-0.4, -0.2) is 110 Å². The van der Waals surface area contributed by atoms with Crippen LogP contribution in [0, 0.1) is 42.7 Å². The summed E-state index contributed by atoms with van der Waals surface area (Å²) in [5, 5.41) is 25.0. The predicted molar refractivity (Wildman–Crippen MR) is 309 cm³/mol. The number of nitrogens with one attached hydrogen (secondary N) is 3. The quantitative estimate of drug-likeness (QED) is 0.0539. The predicted octanol–water partition coefficient (Wildman–Crippen LogP) is 8.12. The van der Waals surface area contributed by atoms with Gasteiger partial charge in [0.1, 0.15) is 29.4 Å². The maximum Gasteiger partial charge on any atom is 0.257 e. The van der Waals surface area contributed by atoms with Gasteiger partial charge in [-0.3, -0.25) is 29.4 Å². The lowest BCUT2D eigenvalue weighted by molar-refractivity contribution is -0.143. The summed E-state index contributed by atoms with van der Waals surface area (Å²) in [5.41, 5.74) is 9.43. The van der Waals surface area contributed by atoms with Crippen molar-refractivity contribution < 1.29 is 52.1 Å². The highest BCUT2D eigenvalue weighted by molar-refractivity contribution is 7.13. The second-order valence-electron chi connectivity index (χ2n) is 21.5. The molecule has 0 unspecified atom stereocenters. The van der Waals surface area contributed by atoms with Gasteiger partial charge < -0.3 is 48.9 Å². The molecular formula is C62H65ClF2N8O9S. The molecule has 4 amide bonds. The van der Waals surface area contributed by atoms with Crippen LogP contribution in [0.4, 0.5) is 8.78 Å². The lowest BCUT2D eigenvalue weighted by atomic mass is 9.86. The van der Waals surface area contributed by atoms with Gasteiger partial charge in [0.05, 0.1) is 53.4 Å². The van der Waals surface area contributed by atoms with Gasteiger partial charge in [0.2, 0.25) is 17.4 Å². The van der Waals surface area contributed by atoms with Gasteiger partial charge >= 0.3 is 0 Å². The number of carbonyl (C=O) groups excluding carboxylic acids is 5. The summed E-state index contributed by atoms with van der Waals surface area (Å²) in [6, 6.07) is 23.4. The van der Waals surface area contributed by atoms with Crippen LogP contribution < -0.4 is 30.5 Å². The number of aryl methyl sites for hydroxylation is 3. The molecule has 3 aliphatic heterocycles. The van der Waals surface area contributed by atoms with E-state index >= 15 is 4.39 Å². The van der Waals surface area contributed by atoms with Gasteiger partial charge in [-0.1, -0.05) is 56.3 Å². The monoisotopic (exact) mass is 1170 g/mol. The van der Waals surface area contributed by atoms with E-state index in [1.165, 1.54) is 40.5 Å². The van der Waals surface area contributed by atoms with Crippen molar-refractivity contribution in [2.75, 3.05) is 32.9 Å². The topological polar surface area (TPSA) is 210 Å². The van der Waals surface area contributed by atoms with Crippen LogP contribution in [-0.2, 0) is 47.5 Å². The number of amides is 4. The summed E-state index contributed by atoms with van der Waals surface area (Å²) >= 11 is 1.47. The molecule has 0 spiro atoms. The van der Waals surface area contributed by atoms with Crippen molar-refractivity contribution in [1.29, 1.82) is 5.41 Å². The highest BCUT2D eigenvalue weighted by Crippen LogP contribution is 2.41. The van der Waals surface area contributed by atoms with Gasteiger partial charge in [-0.25, -0.2) is 13.8 Å². The van der Waals surface area contributed by atoms with Crippen LogP contribution in [0.25, 0.3) is 21.6 Å². The van der Waals surface area contributed by atoms with E-state index in [2.05, 4.69) is 15.6 Å². The van der Waals surface area contributed by atoms with Crippen LogP contribution in [0.5, 0.6) is 17.2 Å². The van der Waals surface area contributed by atoms with E-state index in [-0.39, 0.29) is 99.4 Å². The van der Waals surface area contributed by atoms with E-state index in [4.69, 9.17) is 19.6 Å². The SMILES string of the molecule is Cc1cc(F)ccc1-c1cc(Cn2ccn(C)c2=N)cc2c1OC[C@H](Cc1ccc(F)c(OCC(=O)NCCCOc3cc(-c4scnc4C)ccc3CNC(=O)[C@@H]3C[C@@H](O)CN3C(=O)[C@H](C(C)C)N3Cc4ccccc4C3=O)c1)C2=O.Cl. The summed E-state index contributed by atoms with van der Waals surface area (Å²) in [5.74, 6) is -3.07. The van der Waals surface area contributed by atoms with Gasteiger partial charge in [-0.05, 0) is 115 Å². The Bertz CT molecular complexity index is 3680. The average molecular weight is 1170 g/mol. The molecule has 1 fully saturated rings. The van der Waals surface area contributed by atoms with Gasteiger partial charge in [-0.15, -0.1) is 23.7 Å². The molecule has 83 heavy (non-hydrogen) atoms. The number of benzene rings is 5. The van der Waals surface area contributed by atoms with Crippen molar-refractivity contribution in [1.82, 2.24) is 34.6 Å². The van der Waals surface area contributed by atoms with E-state index in [1.54, 1.807) is 76.2 Å². The van der Waals surface area contributed by atoms with Gasteiger partial charge in [-0.2, -0.15) is 0 Å². The molecule has 21 heteroatoms. The Kier molecular flexibility index (Phi) is 18.3. The number of aliphatic hydroxyl groups is 1. The Morgan fingerprint density at radius 3 is 2.43 bits per heavy atom. The molecule has 434 valence electrons. The minimum atomic E-state index is -0.976. The smallest absolute Gasteiger partial charge is 0.257 e. The van der Waals surface area contributed by atoms with Gasteiger partial charge in [0, 0.05) is 68.7 Å². The minimum Gasteiger partial charge on any atom is -0.493 e. The third-order valence-electron chi connectivity index (χ3n) is 15.3. The fraction of sp³-hybridized carbons (Fsp3) is 0.339. The summed E-state index contributed by atoms with van der Waals surface area (Å²) in [6.07, 6.45) is 3.21. The Morgan fingerprint density at radius 2 is 1.70 bits per heavy atom. The third kappa shape index (κ3) is 12.9. The van der Waals surface area contributed by atoms with Crippen LogP contribution in [0.3, 0.4) is 0 Å². The van der Waals surface area contributed by atoms with E-state index in [0.29, 0.717) is 63.4 Å². The Morgan fingerprint density at radius 1 is 0.904 bits per heavy atom. The number of ether oxygens (including phenoxy) is 3. The number of β-amino-alcohol motifs (C(OH)–C–C–N with tert-alkyl or cyclic N) is 1. The molecule has 0 bridgehead atoms. The number of rotatable bonds is 20. The van der Waals surface area contributed by atoms with Crippen LogP contribution in [0.2, 0.25) is 0 Å². The molecule has 0 saturated carbocycles. The largest absolute Gasteiger partial charge is 0.493 e. The van der Waals surface area contributed by atoms with Crippen molar-refractivity contribution in [3.05, 3.63) is 171 Å². The molecule has 7 aromatic rings. The van der Waals surface area contributed by atoms with Crippen molar-refractivity contribution in [2.45, 2.75) is 84.8 Å². The van der Waals surface area contributed by atoms with Crippen molar-refractivity contribution in [2.24, 2.45) is 18.9 Å². The molecule has 0 aliphatic carbocycles. The Labute approximate surface area is 489 Å². The molecule has 10 rings (SSSR count). The minimum absolute atomic E-state index is 0. The highest BCUT2D eigenvalue weighted by atomic mass is 35.5. The lowest BCUT2D eigenvalue weighted by Crippen LogP contribution is -2.55. The molecule has 1 saturated heterocycles. The lowest BCUT2D eigenvalue weighted by Gasteiger charge is -2.35. The molecule has 4 atom stereocenters. The van der Waals surface area contributed by atoms with Gasteiger partial charge in [0.15, 0.2) is 24.0 Å². The fourth-order valence-corrected chi connectivity index (χ4v) is 11.9. The van der Waals surface area contributed by atoms with E-state index in [9.17, 15) is 33.5 Å². The first-order valence-electron chi connectivity index (χ1n) is 27.3. The second-order valence-corrected chi connectivity index (χ2v) is 22.4. The zero-order valence-electron chi connectivity index (χ0n) is 46.6. The molecule has 5 heterocycles. The number of aromatic nitrogens is 3. The first kappa shape index (κ1) is 59.4. The number of likely N-dealkylation sites (tertiary alicyclic amines) is 1. The maximum absolute atomic E-state index is 15.2. The number of imidazole rings is 1. The summed E-state index contributed by atoms with van der Waals surface area (Å²) < 4.78 is 51.2. The van der Waals surface area contributed by atoms with Crippen molar-refractivity contribution >= 4 is 53.2 Å². The molecule has 0 radical (unpaired) electrons. The van der Waals surface area contributed by atoms with Crippen LogP contribution in [0.1, 0.15) is 80.9 Å². The number of hydrogen-bond acceptors (Lipinski definition) is 12. The normalized spacial score (nSPS) is 16.7. The number of thiazole rings is 1. The number of aliphatic hydroxyl groups excluding tert-OH is 1. The highest BCUT2D eigenvalue weighted by Gasteiger charge is 2.46. The third-order valence-corrected chi connectivity index (χ3v) is 16.3. The number of halogens is 3. The Balaban J connectivity index is 0.00000828. The molecule has 2 aromatic heterocycles. The first-order valence-corrected chi connectivity index (χ1v) is 28.2. The Hall–Kier alpha value is -8.20. The van der Waals surface area contributed by atoms with Crippen molar-refractivity contribution in [3.63, 3.8) is 0 Å². The van der Waals surface area contributed by atoms with E-state index in [0.717, 1.165) is 27.3 Å². The first-order chi connectivity index (χ1) is 39.4. The molecule has 17 nitrogen and oxygen atoms in total. The molecule has 4 N–H and O–H groups in total. The number of nitrogens with zero attached hydrogens (tertiary/aromatic N) is 5. The van der Waals surface area contributed by atoms with Gasteiger partial charge in [0.25, 0.3) is 11.8 Å². The van der Waals surface area contributed by atoms with Crippen LogP contribution >= 0.6 is 23.7 Å². The fourth-order valence-electron chi connectivity index (χ4n) is 11.1. The molecule has 3 aliphatic rings. The number of carbonyl (C=O) groups is 5. The average Bonchev–Trinajstić information content (AvgIpc) is 4.30. The molecular weight excluding hydrogens is 1110 g/mol. The van der Waals surface area contributed by atoms with E-state index < -0.39 is 54.3 Å². The molecule has 5 aromatic carbocycles. The number of fused-ring (bicyclic) bond motifs is 2. The number of ketones is 1. The number of Topliss-reactive ketones (excluding diaryl/α,β-unsaturated/α-hetero) is 1. The summed E-state index contributed by atoms with van der Waals surface area (Å²) in [4.78, 5) is 77.5. The summed E-state index contributed by atoms with van der Waals surface area (Å²) in [7, 11) is 1.77. The number of hydrogen-bond donors (Lipinski definition) is 4.